The average Bonchev–Trinajstić information content (AvgIpc) is 2.49. The lowest BCUT2D eigenvalue weighted by atomic mass is 10.1. The second kappa shape index (κ2) is 7.22. The molecular weight excluding hydrogens is 267 g/mol. The highest BCUT2D eigenvalue weighted by Crippen LogP contribution is 2.29. The lowest BCUT2D eigenvalue weighted by molar-refractivity contribution is 0.300. The summed E-state index contributed by atoms with van der Waals surface area (Å²) in [6.07, 6.45) is 2.77. The van der Waals surface area contributed by atoms with Crippen molar-refractivity contribution < 1.29 is 4.39 Å². The van der Waals surface area contributed by atoms with Crippen molar-refractivity contribution in [2.75, 3.05) is 37.2 Å². The van der Waals surface area contributed by atoms with Crippen molar-refractivity contribution in [2.24, 2.45) is 0 Å². The summed E-state index contributed by atoms with van der Waals surface area (Å²) in [6, 6.07) is 5.02. The highest BCUT2D eigenvalue weighted by molar-refractivity contribution is 5.98. The number of fused-ring (bicyclic) bond motifs is 1. The zero-order valence-corrected chi connectivity index (χ0v) is 12.7. The van der Waals surface area contributed by atoms with Crippen LogP contribution in [-0.2, 0) is 0 Å². The summed E-state index contributed by atoms with van der Waals surface area (Å²) in [5.74, 6) is -0.350. The summed E-state index contributed by atoms with van der Waals surface area (Å²) in [6.45, 7) is 7.91. The van der Waals surface area contributed by atoms with E-state index in [0.29, 0.717) is 23.4 Å². The lowest BCUT2D eigenvalue weighted by Gasteiger charge is -2.20. The fraction of sp³-hybridized carbons (Fsp3) is 0.438. The number of anilines is 2. The number of pyridine rings is 1. The third kappa shape index (κ3) is 3.61. The average molecular weight is 290 g/mol. The number of nitrogen functional groups attached to an aromatic ring is 1. The summed E-state index contributed by atoms with van der Waals surface area (Å²) >= 11 is 0. The maximum absolute atomic E-state index is 14.1. The van der Waals surface area contributed by atoms with Crippen LogP contribution in [0.1, 0.15) is 20.3 Å². The smallest absolute Gasteiger partial charge is 0.150 e. The molecule has 0 saturated carbocycles. The molecule has 2 aromatic rings. The van der Waals surface area contributed by atoms with Gasteiger partial charge >= 0.3 is 0 Å². The quantitative estimate of drug-likeness (QED) is 0.769. The van der Waals surface area contributed by atoms with E-state index in [1.54, 1.807) is 12.3 Å². The van der Waals surface area contributed by atoms with Crippen LogP contribution in [-0.4, -0.2) is 36.1 Å². The van der Waals surface area contributed by atoms with Crippen molar-refractivity contribution in [3.05, 3.63) is 30.2 Å². The first-order valence-electron chi connectivity index (χ1n) is 7.46. The van der Waals surface area contributed by atoms with Gasteiger partial charge in [0.15, 0.2) is 5.82 Å². The summed E-state index contributed by atoms with van der Waals surface area (Å²) in [4.78, 5) is 6.59. The molecule has 0 bridgehead atoms. The van der Waals surface area contributed by atoms with Gasteiger partial charge in [-0.05, 0) is 37.7 Å². The maximum Gasteiger partial charge on any atom is 0.150 e. The van der Waals surface area contributed by atoms with Gasteiger partial charge in [0.25, 0.3) is 0 Å². The Morgan fingerprint density at radius 1 is 1.33 bits per heavy atom. The zero-order chi connectivity index (χ0) is 15.2. The minimum absolute atomic E-state index is 0.350. The van der Waals surface area contributed by atoms with Gasteiger partial charge in [-0.25, -0.2) is 4.39 Å². The van der Waals surface area contributed by atoms with Crippen LogP contribution in [0.15, 0.2) is 24.4 Å². The number of aromatic nitrogens is 1. The van der Waals surface area contributed by atoms with Gasteiger partial charge in [-0.1, -0.05) is 13.8 Å². The van der Waals surface area contributed by atoms with E-state index in [2.05, 4.69) is 29.0 Å². The third-order valence-electron chi connectivity index (χ3n) is 3.59. The number of nitrogens with zero attached hydrogens (tertiary/aromatic N) is 2. The van der Waals surface area contributed by atoms with E-state index in [1.165, 1.54) is 6.07 Å². The predicted molar refractivity (Wildman–Crippen MR) is 87.0 cm³/mol. The number of nitrogens with two attached hydrogens (primary N) is 1. The molecule has 1 aromatic heterocycles. The number of benzene rings is 1. The van der Waals surface area contributed by atoms with Gasteiger partial charge in [0.1, 0.15) is 0 Å². The van der Waals surface area contributed by atoms with Gasteiger partial charge in [-0.15, -0.1) is 0 Å². The molecule has 0 spiro atoms. The number of nitrogens with one attached hydrogen (secondary N) is 1. The van der Waals surface area contributed by atoms with Crippen LogP contribution < -0.4 is 11.1 Å². The van der Waals surface area contributed by atoms with Crippen molar-refractivity contribution in [1.82, 2.24) is 9.88 Å². The molecule has 0 aliphatic rings. The molecule has 0 radical (unpaired) electrons. The normalized spacial score (nSPS) is 11.2. The zero-order valence-electron chi connectivity index (χ0n) is 12.7. The Balaban J connectivity index is 2.15. The minimum atomic E-state index is -0.350. The molecular formula is C16H23FN4. The molecule has 3 N–H and O–H groups in total. The first kappa shape index (κ1) is 15.5. The number of likely N-dealkylation sites (N-methyl/N-ethyl adjacent to an activating group) is 1. The minimum Gasteiger partial charge on any atom is -0.398 e. The Kier molecular flexibility index (Phi) is 5.33. The molecule has 1 aromatic carbocycles. The molecule has 5 heteroatoms. The second-order valence-corrected chi connectivity index (χ2v) is 5.08. The molecule has 114 valence electrons. The standard InChI is InChI=1S/C16H23FN4/c1-3-9-21(4-2)10-8-20-16-13(17)11-14(18)12-6-5-7-19-15(12)16/h5-7,11,20H,3-4,8-10,18H2,1-2H3. The molecule has 0 fully saturated rings. The Morgan fingerprint density at radius 2 is 2.14 bits per heavy atom. The maximum atomic E-state index is 14.1. The Hall–Kier alpha value is -1.88. The largest absolute Gasteiger partial charge is 0.398 e. The summed E-state index contributed by atoms with van der Waals surface area (Å²) in [7, 11) is 0. The third-order valence-corrected chi connectivity index (χ3v) is 3.59. The summed E-state index contributed by atoms with van der Waals surface area (Å²) in [5, 5.41) is 3.95. The van der Waals surface area contributed by atoms with E-state index in [4.69, 9.17) is 5.73 Å². The van der Waals surface area contributed by atoms with Crippen molar-refractivity contribution in [1.29, 1.82) is 0 Å². The monoisotopic (exact) mass is 290 g/mol. The van der Waals surface area contributed by atoms with Crippen LogP contribution in [0.2, 0.25) is 0 Å². The van der Waals surface area contributed by atoms with Gasteiger partial charge < -0.3 is 16.0 Å². The first-order valence-corrected chi connectivity index (χ1v) is 7.46. The molecule has 0 unspecified atom stereocenters. The summed E-state index contributed by atoms with van der Waals surface area (Å²) < 4.78 is 14.1. The highest BCUT2D eigenvalue weighted by Gasteiger charge is 2.11. The molecule has 0 aliphatic heterocycles. The van der Waals surface area contributed by atoms with E-state index < -0.39 is 0 Å². The molecule has 0 atom stereocenters. The first-order chi connectivity index (χ1) is 10.2. The SMILES string of the molecule is CCCN(CC)CCNc1c(F)cc(N)c2cccnc12. The topological polar surface area (TPSA) is 54.2 Å². The van der Waals surface area contributed by atoms with Crippen LogP contribution in [0.4, 0.5) is 15.8 Å². The van der Waals surface area contributed by atoms with E-state index in [0.717, 1.165) is 31.4 Å². The van der Waals surface area contributed by atoms with Crippen molar-refractivity contribution in [2.45, 2.75) is 20.3 Å². The van der Waals surface area contributed by atoms with E-state index in [1.807, 2.05) is 6.07 Å². The van der Waals surface area contributed by atoms with Crippen molar-refractivity contribution in [3.8, 4) is 0 Å². The molecule has 0 aliphatic carbocycles. The van der Waals surface area contributed by atoms with E-state index in [9.17, 15) is 4.39 Å². The van der Waals surface area contributed by atoms with Crippen molar-refractivity contribution in [3.63, 3.8) is 0 Å². The lowest BCUT2D eigenvalue weighted by Crippen LogP contribution is -2.29. The van der Waals surface area contributed by atoms with Gasteiger partial charge in [-0.2, -0.15) is 0 Å². The number of rotatable bonds is 7. The van der Waals surface area contributed by atoms with Gasteiger partial charge in [0.05, 0.1) is 11.2 Å². The summed E-state index contributed by atoms with van der Waals surface area (Å²) in [5.41, 5.74) is 7.30. The number of halogens is 1. The Morgan fingerprint density at radius 3 is 2.86 bits per heavy atom. The molecule has 0 amide bonds. The Labute approximate surface area is 125 Å². The van der Waals surface area contributed by atoms with Crippen LogP contribution in [0.3, 0.4) is 0 Å². The van der Waals surface area contributed by atoms with Gasteiger partial charge in [0, 0.05) is 30.4 Å². The van der Waals surface area contributed by atoms with Crippen LogP contribution in [0.25, 0.3) is 10.9 Å². The molecule has 21 heavy (non-hydrogen) atoms. The number of hydrogen-bond acceptors (Lipinski definition) is 4. The van der Waals surface area contributed by atoms with E-state index >= 15 is 0 Å². The fourth-order valence-electron chi connectivity index (χ4n) is 2.49. The predicted octanol–water partition coefficient (Wildman–Crippen LogP) is 3.10. The van der Waals surface area contributed by atoms with Crippen LogP contribution >= 0.6 is 0 Å². The van der Waals surface area contributed by atoms with Gasteiger partial charge in [-0.3, -0.25) is 4.98 Å². The van der Waals surface area contributed by atoms with E-state index in [-0.39, 0.29) is 5.82 Å². The second-order valence-electron chi connectivity index (χ2n) is 5.08. The molecule has 2 rings (SSSR count). The van der Waals surface area contributed by atoms with Crippen LogP contribution in [0.5, 0.6) is 0 Å². The fourth-order valence-corrected chi connectivity index (χ4v) is 2.49. The van der Waals surface area contributed by atoms with Crippen molar-refractivity contribution >= 4 is 22.3 Å². The highest BCUT2D eigenvalue weighted by atomic mass is 19.1. The van der Waals surface area contributed by atoms with Crippen LogP contribution in [0, 0.1) is 5.82 Å². The molecule has 0 saturated heterocycles. The van der Waals surface area contributed by atoms with Gasteiger partial charge in [0.2, 0.25) is 0 Å². The number of hydrogen-bond donors (Lipinski definition) is 2. The molecule has 1 heterocycles. The Bertz CT molecular complexity index is 600. The molecule has 4 nitrogen and oxygen atoms in total.